The van der Waals surface area contributed by atoms with Crippen molar-refractivity contribution < 1.29 is 4.57 Å². The normalized spacial score (nSPS) is 11.4. The van der Waals surface area contributed by atoms with Gasteiger partial charge in [-0.15, -0.1) is 0 Å². The topological polar surface area (TPSA) is 3.88 Å². The fraction of sp³-hybridized carbons (Fsp3) is 0.872. The second-order valence-electron chi connectivity index (χ2n) is 13.1. The molecule has 0 aliphatic heterocycles. The number of hydrogen-bond donors (Lipinski definition) is 0. The summed E-state index contributed by atoms with van der Waals surface area (Å²) >= 11 is 0. The van der Waals surface area contributed by atoms with Crippen molar-refractivity contribution in [3.8, 4) is 0 Å². The number of rotatable bonds is 32. The number of pyridine rings is 1. The summed E-state index contributed by atoms with van der Waals surface area (Å²) in [5, 5.41) is 0. The van der Waals surface area contributed by atoms with Gasteiger partial charge in [0.25, 0.3) is 0 Å². The molecule has 0 unspecified atom stereocenters. The number of unbranched alkanes of at least 4 members (excludes halogenated alkanes) is 28. The quantitative estimate of drug-likeness (QED) is 0.0613. The highest BCUT2D eigenvalue weighted by atomic mass is 14.9. The zero-order valence-corrected chi connectivity index (χ0v) is 27.9. The summed E-state index contributed by atoms with van der Waals surface area (Å²) in [7, 11) is 0. The lowest BCUT2D eigenvalue weighted by molar-refractivity contribution is -0.697. The standard InChI is InChI=1S/C39H74N/c1-3-5-7-9-11-13-15-17-18-19-20-22-24-26-28-30-32-36-40-37-34-39(35-38-40)33-31-29-27-25-23-21-16-14-12-10-8-6-4-2/h34-35,37-38H,3-33,36H2,1-2H3/q+1. The third kappa shape index (κ3) is 26.1. The van der Waals surface area contributed by atoms with Gasteiger partial charge in [0, 0.05) is 18.6 Å². The van der Waals surface area contributed by atoms with E-state index in [-0.39, 0.29) is 0 Å². The Morgan fingerprint density at radius 2 is 0.625 bits per heavy atom. The molecule has 1 aromatic rings. The van der Waals surface area contributed by atoms with E-state index < -0.39 is 0 Å². The molecule has 0 saturated carbocycles. The van der Waals surface area contributed by atoms with E-state index in [4.69, 9.17) is 0 Å². The van der Waals surface area contributed by atoms with E-state index in [2.05, 4.69) is 42.9 Å². The highest BCUT2D eigenvalue weighted by Crippen LogP contribution is 2.15. The van der Waals surface area contributed by atoms with Crippen molar-refractivity contribution in [1.29, 1.82) is 0 Å². The first-order chi connectivity index (χ1) is 19.9. The Hall–Kier alpha value is -0.850. The Labute approximate surface area is 253 Å². The van der Waals surface area contributed by atoms with Gasteiger partial charge in [-0.25, -0.2) is 4.57 Å². The van der Waals surface area contributed by atoms with E-state index in [1.54, 1.807) is 0 Å². The van der Waals surface area contributed by atoms with Crippen LogP contribution in [0.5, 0.6) is 0 Å². The van der Waals surface area contributed by atoms with Crippen LogP contribution in [0.3, 0.4) is 0 Å². The van der Waals surface area contributed by atoms with Gasteiger partial charge in [0.2, 0.25) is 0 Å². The van der Waals surface area contributed by atoms with Crippen LogP contribution in [0.4, 0.5) is 0 Å². The van der Waals surface area contributed by atoms with Gasteiger partial charge in [-0.2, -0.15) is 0 Å². The Balaban J connectivity index is 1.81. The molecule has 1 nitrogen and oxygen atoms in total. The summed E-state index contributed by atoms with van der Waals surface area (Å²) in [4.78, 5) is 0. The molecular formula is C39H74N+. The summed E-state index contributed by atoms with van der Waals surface area (Å²) in [6.07, 6.45) is 49.2. The van der Waals surface area contributed by atoms with E-state index >= 15 is 0 Å². The molecular weight excluding hydrogens is 482 g/mol. The first kappa shape index (κ1) is 37.2. The molecule has 0 radical (unpaired) electrons. The van der Waals surface area contributed by atoms with Gasteiger partial charge in [-0.1, -0.05) is 187 Å². The zero-order valence-electron chi connectivity index (χ0n) is 27.9. The molecule has 0 saturated heterocycles. The highest BCUT2D eigenvalue weighted by molar-refractivity contribution is 5.07. The summed E-state index contributed by atoms with van der Waals surface area (Å²) in [6, 6.07) is 4.74. The van der Waals surface area contributed by atoms with E-state index in [0.29, 0.717) is 0 Å². The minimum absolute atomic E-state index is 1.19. The van der Waals surface area contributed by atoms with Crippen LogP contribution in [0.2, 0.25) is 0 Å². The molecule has 0 amide bonds. The van der Waals surface area contributed by atoms with Gasteiger partial charge in [-0.05, 0) is 24.8 Å². The Bertz CT molecular complexity index is 591. The molecule has 234 valence electrons. The van der Waals surface area contributed by atoms with E-state index in [1.807, 2.05) is 0 Å². The maximum Gasteiger partial charge on any atom is 0.169 e. The molecule has 0 aromatic carbocycles. The van der Waals surface area contributed by atoms with Crippen molar-refractivity contribution in [2.75, 3.05) is 0 Å². The number of nitrogens with zero attached hydrogens (tertiary/aromatic N) is 1. The predicted molar refractivity (Wildman–Crippen MR) is 180 cm³/mol. The Kier molecular flexibility index (Phi) is 28.9. The van der Waals surface area contributed by atoms with Crippen LogP contribution in [-0.4, -0.2) is 0 Å². The van der Waals surface area contributed by atoms with Gasteiger partial charge in [0.1, 0.15) is 6.54 Å². The van der Waals surface area contributed by atoms with Gasteiger partial charge in [0.15, 0.2) is 12.4 Å². The molecule has 0 bridgehead atoms. The summed E-state index contributed by atoms with van der Waals surface area (Å²) < 4.78 is 2.40. The monoisotopic (exact) mass is 557 g/mol. The molecule has 0 aliphatic carbocycles. The van der Waals surface area contributed by atoms with Crippen LogP contribution in [0.1, 0.15) is 212 Å². The lowest BCUT2D eigenvalue weighted by Gasteiger charge is -2.04. The van der Waals surface area contributed by atoms with E-state index in [0.717, 1.165) is 0 Å². The summed E-state index contributed by atoms with van der Waals surface area (Å²) in [6.45, 7) is 5.80. The Morgan fingerprint density at radius 3 is 0.950 bits per heavy atom. The van der Waals surface area contributed by atoms with Crippen molar-refractivity contribution in [2.24, 2.45) is 0 Å². The second-order valence-corrected chi connectivity index (χ2v) is 13.1. The van der Waals surface area contributed by atoms with Crippen LogP contribution in [0, 0.1) is 0 Å². The largest absolute Gasteiger partial charge is 0.205 e. The molecule has 0 aliphatic rings. The smallest absolute Gasteiger partial charge is 0.169 e. The molecule has 40 heavy (non-hydrogen) atoms. The number of aryl methyl sites for hydroxylation is 2. The molecule has 0 atom stereocenters. The average molecular weight is 557 g/mol. The average Bonchev–Trinajstić information content (AvgIpc) is 2.98. The van der Waals surface area contributed by atoms with E-state index in [9.17, 15) is 0 Å². The van der Waals surface area contributed by atoms with Gasteiger partial charge < -0.3 is 0 Å². The molecule has 0 spiro atoms. The van der Waals surface area contributed by atoms with Crippen molar-refractivity contribution in [2.45, 2.75) is 219 Å². The predicted octanol–water partition coefficient (Wildman–Crippen LogP) is 13.3. The number of aromatic nitrogens is 1. The van der Waals surface area contributed by atoms with Crippen LogP contribution in [0.15, 0.2) is 24.5 Å². The van der Waals surface area contributed by atoms with Crippen molar-refractivity contribution in [1.82, 2.24) is 0 Å². The van der Waals surface area contributed by atoms with Crippen molar-refractivity contribution in [3.05, 3.63) is 30.1 Å². The van der Waals surface area contributed by atoms with Crippen LogP contribution >= 0.6 is 0 Å². The second kappa shape index (κ2) is 31.1. The third-order valence-corrected chi connectivity index (χ3v) is 9.05. The molecule has 1 aromatic heterocycles. The lowest BCUT2D eigenvalue weighted by Crippen LogP contribution is -2.32. The summed E-state index contributed by atoms with van der Waals surface area (Å²) in [5.74, 6) is 0. The lowest BCUT2D eigenvalue weighted by atomic mass is 10.0. The minimum atomic E-state index is 1.19. The molecule has 0 N–H and O–H groups in total. The minimum Gasteiger partial charge on any atom is -0.205 e. The molecule has 1 heterocycles. The fourth-order valence-electron chi connectivity index (χ4n) is 6.17. The first-order valence-corrected chi connectivity index (χ1v) is 18.8. The molecule has 0 fully saturated rings. The molecule has 1 rings (SSSR count). The van der Waals surface area contributed by atoms with Crippen LogP contribution in [0.25, 0.3) is 0 Å². The van der Waals surface area contributed by atoms with Crippen LogP contribution < -0.4 is 4.57 Å². The number of hydrogen-bond acceptors (Lipinski definition) is 0. The fourth-order valence-corrected chi connectivity index (χ4v) is 6.17. The third-order valence-electron chi connectivity index (χ3n) is 9.05. The van der Waals surface area contributed by atoms with Crippen LogP contribution in [-0.2, 0) is 13.0 Å². The van der Waals surface area contributed by atoms with Crippen molar-refractivity contribution >= 4 is 0 Å². The van der Waals surface area contributed by atoms with Gasteiger partial charge in [-0.3, -0.25) is 0 Å². The van der Waals surface area contributed by atoms with E-state index in [1.165, 1.54) is 211 Å². The van der Waals surface area contributed by atoms with Gasteiger partial charge in [0.05, 0.1) is 0 Å². The van der Waals surface area contributed by atoms with Gasteiger partial charge >= 0.3 is 0 Å². The molecule has 1 heteroatoms. The van der Waals surface area contributed by atoms with Crippen molar-refractivity contribution in [3.63, 3.8) is 0 Å². The summed E-state index contributed by atoms with van der Waals surface area (Å²) in [5.41, 5.74) is 1.53. The highest BCUT2D eigenvalue weighted by Gasteiger charge is 2.02. The Morgan fingerprint density at radius 1 is 0.350 bits per heavy atom. The SMILES string of the molecule is CCCCCCCCCCCCCCCCCCC[n+]1ccc(CCCCCCCCCCCCCCC)cc1. The first-order valence-electron chi connectivity index (χ1n) is 18.8. The maximum atomic E-state index is 2.40. The zero-order chi connectivity index (χ0) is 28.6. The maximum absolute atomic E-state index is 2.40.